The minimum Gasteiger partial charge on any atom is -0.391 e. The van der Waals surface area contributed by atoms with E-state index in [4.69, 9.17) is 0 Å². The quantitative estimate of drug-likeness (QED) is 0.582. The molecule has 0 aliphatic rings. The maximum absolute atomic E-state index is 11.7. The summed E-state index contributed by atoms with van der Waals surface area (Å²) in [6, 6.07) is 9.29. The predicted molar refractivity (Wildman–Crippen MR) is 58.2 cm³/mol. The standard InChI is InChI=1S/C12H15NO/c1-3-13-9-10(2)12(14)11-7-5-4-6-8-11/h4-9,13H,3H2,1-2H3/b10-9+. The lowest BCUT2D eigenvalue weighted by Gasteiger charge is -2.01. The molecule has 1 N–H and O–H groups in total. The van der Waals surface area contributed by atoms with Gasteiger partial charge in [0.2, 0.25) is 0 Å². The summed E-state index contributed by atoms with van der Waals surface area (Å²) in [5.41, 5.74) is 1.47. The minimum atomic E-state index is 0.0755. The van der Waals surface area contributed by atoms with Crippen LogP contribution in [-0.2, 0) is 0 Å². The van der Waals surface area contributed by atoms with Gasteiger partial charge in [0.1, 0.15) is 0 Å². The molecule has 1 rings (SSSR count). The Morgan fingerprint density at radius 1 is 1.36 bits per heavy atom. The highest BCUT2D eigenvalue weighted by Crippen LogP contribution is 2.06. The minimum absolute atomic E-state index is 0.0755. The second-order valence-electron chi connectivity index (χ2n) is 3.08. The average molecular weight is 189 g/mol. The average Bonchev–Trinajstić information content (AvgIpc) is 2.26. The van der Waals surface area contributed by atoms with Crippen molar-refractivity contribution >= 4 is 5.78 Å². The highest BCUT2D eigenvalue weighted by atomic mass is 16.1. The van der Waals surface area contributed by atoms with Crippen LogP contribution in [-0.4, -0.2) is 12.3 Å². The van der Waals surface area contributed by atoms with E-state index in [1.165, 1.54) is 0 Å². The molecule has 74 valence electrons. The van der Waals surface area contributed by atoms with Crippen molar-refractivity contribution in [3.63, 3.8) is 0 Å². The van der Waals surface area contributed by atoms with Gasteiger partial charge in [-0.3, -0.25) is 4.79 Å². The number of nitrogens with one attached hydrogen (secondary N) is 1. The Morgan fingerprint density at radius 3 is 2.57 bits per heavy atom. The first-order valence-corrected chi connectivity index (χ1v) is 4.75. The highest BCUT2D eigenvalue weighted by Gasteiger charge is 2.05. The molecule has 2 heteroatoms. The van der Waals surface area contributed by atoms with Gasteiger partial charge >= 0.3 is 0 Å². The van der Waals surface area contributed by atoms with Crippen LogP contribution < -0.4 is 5.32 Å². The fourth-order valence-corrected chi connectivity index (χ4v) is 1.14. The van der Waals surface area contributed by atoms with Crippen LogP contribution in [0.4, 0.5) is 0 Å². The van der Waals surface area contributed by atoms with Crippen molar-refractivity contribution in [3.05, 3.63) is 47.7 Å². The zero-order chi connectivity index (χ0) is 10.4. The first-order chi connectivity index (χ1) is 6.75. The summed E-state index contributed by atoms with van der Waals surface area (Å²) in [5, 5.41) is 3.02. The van der Waals surface area contributed by atoms with Gasteiger partial charge in [-0.1, -0.05) is 30.3 Å². The number of benzene rings is 1. The van der Waals surface area contributed by atoms with E-state index in [0.717, 1.165) is 17.7 Å². The lowest BCUT2D eigenvalue weighted by atomic mass is 10.1. The summed E-state index contributed by atoms with van der Waals surface area (Å²) < 4.78 is 0. The molecule has 0 saturated carbocycles. The summed E-state index contributed by atoms with van der Waals surface area (Å²) in [5.74, 6) is 0.0755. The van der Waals surface area contributed by atoms with Crippen molar-refractivity contribution in [3.8, 4) is 0 Å². The number of allylic oxidation sites excluding steroid dienone is 1. The molecule has 0 unspecified atom stereocenters. The van der Waals surface area contributed by atoms with Crippen LogP contribution in [0.25, 0.3) is 0 Å². The van der Waals surface area contributed by atoms with E-state index in [1.54, 1.807) is 6.20 Å². The van der Waals surface area contributed by atoms with Crippen LogP contribution in [0.15, 0.2) is 42.1 Å². The number of carbonyl (C=O) groups excluding carboxylic acids is 1. The summed E-state index contributed by atoms with van der Waals surface area (Å²) >= 11 is 0. The van der Waals surface area contributed by atoms with Crippen LogP contribution in [0.5, 0.6) is 0 Å². The maximum Gasteiger partial charge on any atom is 0.190 e. The van der Waals surface area contributed by atoms with Crippen molar-refractivity contribution in [2.45, 2.75) is 13.8 Å². The Balaban J connectivity index is 2.76. The molecule has 0 fully saturated rings. The molecule has 0 aliphatic heterocycles. The Morgan fingerprint density at radius 2 is 2.00 bits per heavy atom. The molecule has 0 spiro atoms. The number of carbonyl (C=O) groups is 1. The predicted octanol–water partition coefficient (Wildman–Crippen LogP) is 2.38. The molecule has 0 saturated heterocycles. The molecule has 0 bridgehead atoms. The van der Waals surface area contributed by atoms with Crippen molar-refractivity contribution in [1.29, 1.82) is 0 Å². The molecule has 1 aromatic rings. The maximum atomic E-state index is 11.7. The molecule has 2 nitrogen and oxygen atoms in total. The molecule has 14 heavy (non-hydrogen) atoms. The molecule has 0 amide bonds. The number of hydrogen-bond donors (Lipinski definition) is 1. The summed E-state index contributed by atoms with van der Waals surface area (Å²) in [4.78, 5) is 11.7. The number of hydrogen-bond acceptors (Lipinski definition) is 2. The van der Waals surface area contributed by atoms with Crippen LogP contribution in [0.3, 0.4) is 0 Å². The fraction of sp³-hybridized carbons (Fsp3) is 0.250. The summed E-state index contributed by atoms with van der Waals surface area (Å²) in [6.45, 7) is 4.65. The van der Waals surface area contributed by atoms with Gasteiger partial charge in [0.25, 0.3) is 0 Å². The Labute approximate surface area is 84.6 Å². The second-order valence-corrected chi connectivity index (χ2v) is 3.08. The second kappa shape index (κ2) is 5.22. The molecule has 0 radical (unpaired) electrons. The van der Waals surface area contributed by atoms with E-state index >= 15 is 0 Å². The number of rotatable bonds is 4. The topological polar surface area (TPSA) is 29.1 Å². The zero-order valence-corrected chi connectivity index (χ0v) is 8.58. The molecule has 0 aliphatic carbocycles. The van der Waals surface area contributed by atoms with E-state index in [0.29, 0.717) is 0 Å². The largest absolute Gasteiger partial charge is 0.391 e. The van der Waals surface area contributed by atoms with E-state index in [9.17, 15) is 4.79 Å². The molecule has 0 heterocycles. The van der Waals surface area contributed by atoms with Gasteiger partial charge < -0.3 is 5.32 Å². The first kappa shape index (κ1) is 10.5. The number of ketones is 1. The highest BCUT2D eigenvalue weighted by molar-refractivity contribution is 6.08. The monoisotopic (exact) mass is 189 g/mol. The Bertz CT molecular complexity index is 327. The van der Waals surface area contributed by atoms with Gasteiger partial charge in [0.05, 0.1) is 0 Å². The lowest BCUT2D eigenvalue weighted by Crippen LogP contribution is -2.08. The molecule has 0 aromatic heterocycles. The van der Waals surface area contributed by atoms with Crippen molar-refractivity contribution in [2.24, 2.45) is 0 Å². The van der Waals surface area contributed by atoms with E-state index < -0.39 is 0 Å². The third-order valence-corrected chi connectivity index (χ3v) is 1.92. The molecular weight excluding hydrogens is 174 g/mol. The van der Waals surface area contributed by atoms with E-state index in [-0.39, 0.29) is 5.78 Å². The summed E-state index contributed by atoms with van der Waals surface area (Å²) in [6.07, 6.45) is 1.76. The van der Waals surface area contributed by atoms with E-state index in [2.05, 4.69) is 5.32 Å². The molecule has 0 atom stereocenters. The Hall–Kier alpha value is -1.57. The SMILES string of the molecule is CCN/C=C(\C)C(=O)c1ccccc1. The van der Waals surface area contributed by atoms with Gasteiger partial charge in [-0.15, -0.1) is 0 Å². The van der Waals surface area contributed by atoms with Gasteiger partial charge in [0.15, 0.2) is 5.78 Å². The Kier molecular flexibility index (Phi) is 3.92. The van der Waals surface area contributed by atoms with Gasteiger partial charge in [-0.25, -0.2) is 0 Å². The van der Waals surface area contributed by atoms with Gasteiger partial charge in [-0.2, -0.15) is 0 Å². The van der Waals surface area contributed by atoms with Crippen LogP contribution in [0, 0.1) is 0 Å². The smallest absolute Gasteiger partial charge is 0.190 e. The fourth-order valence-electron chi connectivity index (χ4n) is 1.14. The summed E-state index contributed by atoms with van der Waals surface area (Å²) in [7, 11) is 0. The van der Waals surface area contributed by atoms with Crippen LogP contribution in [0.2, 0.25) is 0 Å². The van der Waals surface area contributed by atoms with Crippen molar-refractivity contribution in [1.82, 2.24) is 5.32 Å². The molecular formula is C12H15NO. The van der Waals surface area contributed by atoms with E-state index in [1.807, 2.05) is 44.2 Å². The third-order valence-electron chi connectivity index (χ3n) is 1.92. The normalized spacial score (nSPS) is 11.1. The van der Waals surface area contributed by atoms with Gasteiger partial charge in [0, 0.05) is 23.9 Å². The van der Waals surface area contributed by atoms with Crippen molar-refractivity contribution < 1.29 is 4.79 Å². The van der Waals surface area contributed by atoms with Gasteiger partial charge in [-0.05, 0) is 13.8 Å². The third kappa shape index (κ3) is 2.73. The van der Waals surface area contributed by atoms with Crippen LogP contribution >= 0.6 is 0 Å². The molecule has 1 aromatic carbocycles. The number of Topliss-reactive ketones (excluding diaryl/α,β-unsaturated/α-hetero) is 1. The zero-order valence-electron chi connectivity index (χ0n) is 8.58. The lowest BCUT2D eigenvalue weighted by molar-refractivity contribution is 0.103. The first-order valence-electron chi connectivity index (χ1n) is 4.75. The van der Waals surface area contributed by atoms with Crippen molar-refractivity contribution in [2.75, 3.05) is 6.54 Å². The van der Waals surface area contributed by atoms with Crippen LogP contribution in [0.1, 0.15) is 24.2 Å².